The third-order valence-corrected chi connectivity index (χ3v) is 4.33. The van der Waals surface area contributed by atoms with Gasteiger partial charge in [0.05, 0.1) is 0 Å². The molecule has 2 nitrogen and oxygen atoms in total. The summed E-state index contributed by atoms with van der Waals surface area (Å²) >= 11 is 0. The van der Waals surface area contributed by atoms with Gasteiger partial charge in [-0.05, 0) is 78.6 Å². The molecule has 2 aromatic carbocycles. The van der Waals surface area contributed by atoms with E-state index in [1.807, 2.05) is 31.2 Å². The second kappa shape index (κ2) is 5.65. The average Bonchev–Trinajstić information content (AvgIpc) is 2.48. The molecule has 0 radical (unpaired) electrons. The first-order valence-electron chi connectivity index (χ1n) is 7.41. The van der Waals surface area contributed by atoms with Crippen LogP contribution >= 0.6 is 0 Å². The van der Waals surface area contributed by atoms with Gasteiger partial charge in [-0.2, -0.15) is 0 Å². The van der Waals surface area contributed by atoms with Crippen LogP contribution in [-0.4, -0.2) is 10.2 Å². The molecule has 2 N–H and O–H groups in total. The van der Waals surface area contributed by atoms with Gasteiger partial charge >= 0.3 is 0 Å². The van der Waals surface area contributed by atoms with Crippen molar-refractivity contribution in [1.29, 1.82) is 0 Å². The van der Waals surface area contributed by atoms with E-state index in [2.05, 4.69) is 6.08 Å². The Morgan fingerprint density at radius 2 is 1.67 bits per heavy atom. The minimum absolute atomic E-state index is 0.325. The van der Waals surface area contributed by atoms with E-state index in [1.54, 1.807) is 18.2 Å². The van der Waals surface area contributed by atoms with Gasteiger partial charge < -0.3 is 10.2 Å². The lowest BCUT2D eigenvalue weighted by molar-refractivity contribution is 0.474. The minimum Gasteiger partial charge on any atom is -0.508 e. The van der Waals surface area contributed by atoms with Gasteiger partial charge in [-0.25, -0.2) is 0 Å². The van der Waals surface area contributed by atoms with Crippen LogP contribution in [0.3, 0.4) is 0 Å². The molecule has 3 rings (SSSR count). The van der Waals surface area contributed by atoms with E-state index in [-0.39, 0.29) is 0 Å². The molecule has 2 heteroatoms. The summed E-state index contributed by atoms with van der Waals surface area (Å²) in [5.74, 6) is 1.19. The van der Waals surface area contributed by atoms with E-state index >= 15 is 0 Å². The lowest BCUT2D eigenvalue weighted by Gasteiger charge is -2.23. The average molecular weight is 280 g/mol. The Hall–Kier alpha value is -2.22. The summed E-state index contributed by atoms with van der Waals surface area (Å²) in [5.41, 5.74) is 5.05. The first-order chi connectivity index (χ1) is 10.1. The summed E-state index contributed by atoms with van der Waals surface area (Å²) < 4.78 is 0. The van der Waals surface area contributed by atoms with Gasteiger partial charge in [0.15, 0.2) is 0 Å². The molecule has 21 heavy (non-hydrogen) atoms. The second-order valence-electron chi connectivity index (χ2n) is 5.79. The summed E-state index contributed by atoms with van der Waals surface area (Å²) in [6, 6.07) is 13.2. The number of benzene rings is 2. The highest BCUT2D eigenvalue weighted by atomic mass is 16.3. The zero-order chi connectivity index (χ0) is 14.8. The van der Waals surface area contributed by atoms with Crippen molar-refractivity contribution in [1.82, 2.24) is 0 Å². The monoisotopic (exact) mass is 280 g/mol. The fraction of sp³-hybridized carbons (Fsp3) is 0.263. The van der Waals surface area contributed by atoms with Crippen LogP contribution in [0.15, 0.2) is 48.5 Å². The summed E-state index contributed by atoms with van der Waals surface area (Å²) in [6.07, 6.45) is 5.52. The first kappa shape index (κ1) is 13.7. The third-order valence-electron chi connectivity index (χ3n) is 4.33. The Bertz CT molecular complexity index is 668. The molecular weight excluding hydrogens is 260 g/mol. The lowest BCUT2D eigenvalue weighted by atomic mass is 9.82. The quantitative estimate of drug-likeness (QED) is 0.832. The highest BCUT2D eigenvalue weighted by Crippen LogP contribution is 2.37. The summed E-state index contributed by atoms with van der Waals surface area (Å²) in [6.45, 7) is 2.04. The van der Waals surface area contributed by atoms with E-state index in [0.29, 0.717) is 17.4 Å². The molecule has 0 amide bonds. The van der Waals surface area contributed by atoms with Crippen molar-refractivity contribution < 1.29 is 10.2 Å². The predicted octanol–water partition coefficient (Wildman–Crippen LogP) is 4.76. The fourth-order valence-corrected chi connectivity index (χ4v) is 3.14. The minimum atomic E-state index is 0.325. The number of phenols is 2. The molecule has 1 aliphatic carbocycles. The van der Waals surface area contributed by atoms with Gasteiger partial charge in [0.1, 0.15) is 11.5 Å². The summed E-state index contributed by atoms with van der Waals surface area (Å²) in [4.78, 5) is 0. The van der Waals surface area contributed by atoms with Crippen LogP contribution in [-0.2, 0) is 0 Å². The van der Waals surface area contributed by atoms with Crippen molar-refractivity contribution in [3.05, 3.63) is 65.2 Å². The van der Waals surface area contributed by atoms with Crippen molar-refractivity contribution in [2.75, 3.05) is 0 Å². The standard InChI is InChI=1S/C19H20O2/c1-13-12-18(21)10-11-19(13)16-4-2-14(3-5-16)15-6-8-17(20)9-7-15/h4,6-12,14,20-21H,2-3,5H2,1H3. The van der Waals surface area contributed by atoms with Crippen LogP contribution in [0.5, 0.6) is 11.5 Å². The van der Waals surface area contributed by atoms with Gasteiger partial charge in [0.25, 0.3) is 0 Å². The third kappa shape index (κ3) is 2.94. The maximum Gasteiger partial charge on any atom is 0.115 e. The normalized spacial score (nSPS) is 18.3. The largest absolute Gasteiger partial charge is 0.508 e. The van der Waals surface area contributed by atoms with Crippen LogP contribution in [0, 0.1) is 6.92 Å². The van der Waals surface area contributed by atoms with E-state index in [0.717, 1.165) is 24.8 Å². The number of phenolic OH excluding ortho intramolecular Hbond substituents is 2. The fourth-order valence-electron chi connectivity index (χ4n) is 3.14. The van der Waals surface area contributed by atoms with Crippen LogP contribution in [0.25, 0.3) is 5.57 Å². The zero-order valence-electron chi connectivity index (χ0n) is 12.2. The molecule has 1 unspecified atom stereocenters. The van der Waals surface area contributed by atoms with Gasteiger partial charge in [-0.15, -0.1) is 0 Å². The van der Waals surface area contributed by atoms with Crippen LogP contribution in [0.1, 0.15) is 41.9 Å². The van der Waals surface area contributed by atoms with Crippen molar-refractivity contribution >= 4 is 5.57 Å². The number of rotatable bonds is 2. The van der Waals surface area contributed by atoms with E-state index in [9.17, 15) is 10.2 Å². The maximum absolute atomic E-state index is 9.51. The van der Waals surface area contributed by atoms with Gasteiger partial charge in [0.2, 0.25) is 0 Å². The smallest absolute Gasteiger partial charge is 0.115 e. The molecule has 0 aromatic heterocycles. The Morgan fingerprint density at radius 3 is 2.29 bits per heavy atom. The van der Waals surface area contributed by atoms with Gasteiger partial charge in [-0.1, -0.05) is 24.3 Å². The summed E-state index contributed by atoms with van der Waals surface area (Å²) in [7, 11) is 0. The molecule has 2 aromatic rings. The number of hydrogen-bond donors (Lipinski definition) is 2. The van der Waals surface area contributed by atoms with Crippen LogP contribution in [0.4, 0.5) is 0 Å². The van der Waals surface area contributed by atoms with Crippen LogP contribution < -0.4 is 0 Å². The van der Waals surface area contributed by atoms with E-state index < -0.39 is 0 Å². The Morgan fingerprint density at radius 1 is 0.952 bits per heavy atom. The predicted molar refractivity (Wildman–Crippen MR) is 85.5 cm³/mol. The molecule has 108 valence electrons. The van der Waals surface area contributed by atoms with Crippen molar-refractivity contribution in [2.45, 2.75) is 32.1 Å². The van der Waals surface area contributed by atoms with Gasteiger partial charge in [0, 0.05) is 0 Å². The molecule has 1 aliphatic rings. The van der Waals surface area contributed by atoms with Crippen molar-refractivity contribution in [2.24, 2.45) is 0 Å². The van der Waals surface area contributed by atoms with Gasteiger partial charge in [-0.3, -0.25) is 0 Å². The molecule has 1 atom stereocenters. The molecule has 0 saturated heterocycles. The Balaban J connectivity index is 1.79. The lowest BCUT2D eigenvalue weighted by Crippen LogP contribution is -2.04. The topological polar surface area (TPSA) is 40.5 Å². The first-order valence-corrected chi connectivity index (χ1v) is 7.41. The molecule has 0 saturated carbocycles. The Labute approximate surface area is 125 Å². The summed E-state index contributed by atoms with van der Waals surface area (Å²) in [5, 5.41) is 18.9. The highest BCUT2D eigenvalue weighted by molar-refractivity contribution is 5.69. The second-order valence-corrected chi connectivity index (χ2v) is 5.79. The number of hydrogen-bond acceptors (Lipinski definition) is 2. The highest BCUT2D eigenvalue weighted by Gasteiger charge is 2.18. The zero-order valence-corrected chi connectivity index (χ0v) is 12.2. The molecule has 0 heterocycles. The van der Waals surface area contributed by atoms with Crippen LogP contribution in [0.2, 0.25) is 0 Å². The van der Waals surface area contributed by atoms with Crippen molar-refractivity contribution in [3.8, 4) is 11.5 Å². The molecular formula is C19H20O2. The molecule has 0 aliphatic heterocycles. The Kier molecular flexibility index (Phi) is 3.70. The van der Waals surface area contributed by atoms with Crippen molar-refractivity contribution in [3.63, 3.8) is 0 Å². The van der Waals surface area contributed by atoms with E-state index in [4.69, 9.17) is 0 Å². The number of aromatic hydroxyl groups is 2. The molecule has 0 bridgehead atoms. The number of aryl methyl sites for hydroxylation is 1. The van der Waals surface area contributed by atoms with E-state index in [1.165, 1.54) is 16.7 Å². The SMILES string of the molecule is Cc1cc(O)ccc1C1=CCC(c2ccc(O)cc2)CC1. The molecule has 0 spiro atoms. The molecule has 0 fully saturated rings. The number of allylic oxidation sites excluding steroid dienone is 2. The maximum atomic E-state index is 9.51.